The number of aryl methyl sites for hydroxylation is 1. The Morgan fingerprint density at radius 1 is 1.40 bits per heavy atom. The van der Waals surface area contributed by atoms with Gasteiger partial charge in [-0.05, 0) is 77.6 Å². The molecule has 0 fully saturated rings. The van der Waals surface area contributed by atoms with Gasteiger partial charge >= 0.3 is 0 Å². The highest BCUT2D eigenvalue weighted by Gasteiger charge is 2.20. The summed E-state index contributed by atoms with van der Waals surface area (Å²) >= 11 is 3.91. The molecule has 0 spiro atoms. The van der Waals surface area contributed by atoms with E-state index in [2.05, 4.69) is 40.9 Å². The number of hydrogen-bond donors (Lipinski definition) is 1. The van der Waals surface area contributed by atoms with E-state index in [-0.39, 0.29) is 5.91 Å². The molecule has 20 heavy (non-hydrogen) atoms. The van der Waals surface area contributed by atoms with Gasteiger partial charge in [0.1, 0.15) is 0 Å². The van der Waals surface area contributed by atoms with E-state index in [1.54, 1.807) is 11.3 Å². The minimum atomic E-state index is 0.0130. The van der Waals surface area contributed by atoms with Crippen molar-refractivity contribution in [3.63, 3.8) is 0 Å². The van der Waals surface area contributed by atoms with Gasteiger partial charge < -0.3 is 5.32 Å². The van der Waals surface area contributed by atoms with Crippen molar-refractivity contribution in [3.05, 3.63) is 49.2 Å². The summed E-state index contributed by atoms with van der Waals surface area (Å²) in [5.74, 6) is 0.753. The van der Waals surface area contributed by atoms with Crippen LogP contribution in [0.1, 0.15) is 33.5 Å². The summed E-state index contributed by atoms with van der Waals surface area (Å²) in [6.07, 6.45) is 3.48. The normalized spacial score (nSPS) is 17.6. The molecule has 1 aromatic carbocycles. The maximum atomic E-state index is 12.3. The van der Waals surface area contributed by atoms with Crippen LogP contribution >= 0.6 is 33.9 Å². The van der Waals surface area contributed by atoms with Crippen molar-refractivity contribution in [2.45, 2.75) is 26.2 Å². The second-order valence-electron chi connectivity index (χ2n) is 5.37. The van der Waals surface area contributed by atoms with Crippen LogP contribution < -0.4 is 5.32 Å². The molecule has 104 valence electrons. The molecule has 1 aliphatic rings. The molecule has 1 unspecified atom stereocenters. The second kappa shape index (κ2) is 5.85. The van der Waals surface area contributed by atoms with Crippen LogP contribution in [0.15, 0.2) is 30.3 Å². The Labute approximate surface area is 136 Å². The number of nitrogens with one attached hydrogen (secondary N) is 1. The molecule has 1 N–H and O–H groups in total. The Morgan fingerprint density at radius 2 is 2.25 bits per heavy atom. The number of thiophene rings is 1. The van der Waals surface area contributed by atoms with Gasteiger partial charge in [0.05, 0.1) is 4.88 Å². The van der Waals surface area contributed by atoms with Crippen LogP contribution in [0.3, 0.4) is 0 Å². The van der Waals surface area contributed by atoms with E-state index in [9.17, 15) is 4.79 Å². The lowest BCUT2D eigenvalue weighted by Gasteiger charge is -2.16. The predicted octanol–water partition coefficient (Wildman–Crippen LogP) is 4.73. The lowest BCUT2D eigenvalue weighted by Crippen LogP contribution is -2.10. The Morgan fingerprint density at radius 3 is 3.05 bits per heavy atom. The molecule has 2 aromatic rings. The third kappa shape index (κ3) is 3.06. The Hall–Kier alpha value is -0.880. The van der Waals surface area contributed by atoms with Crippen LogP contribution in [0.5, 0.6) is 0 Å². The summed E-state index contributed by atoms with van der Waals surface area (Å²) in [7, 11) is 0. The first-order chi connectivity index (χ1) is 9.61. The summed E-state index contributed by atoms with van der Waals surface area (Å²) in [5.41, 5.74) is 2.24. The number of benzene rings is 1. The number of halogens is 1. The molecule has 0 bridgehead atoms. The first kappa shape index (κ1) is 14.1. The lowest BCUT2D eigenvalue weighted by atomic mass is 9.90. The van der Waals surface area contributed by atoms with Crippen molar-refractivity contribution in [1.29, 1.82) is 0 Å². The first-order valence-electron chi connectivity index (χ1n) is 6.80. The van der Waals surface area contributed by atoms with Gasteiger partial charge in [-0.25, -0.2) is 0 Å². The van der Waals surface area contributed by atoms with Crippen LogP contribution in [0, 0.1) is 9.49 Å². The number of rotatable bonds is 2. The fraction of sp³-hybridized carbons (Fsp3) is 0.312. The van der Waals surface area contributed by atoms with Gasteiger partial charge in [-0.3, -0.25) is 4.79 Å². The van der Waals surface area contributed by atoms with Crippen LogP contribution in [0.2, 0.25) is 0 Å². The van der Waals surface area contributed by atoms with Crippen molar-refractivity contribution in [1.82, 2.24) is 0 Å². The summed E-state index contributed by atoms with van der Waals surface area (Å²) in [6, 6.07) is 9.96. The van der Waals surface area contributed by atoms with Crippen LogP contribution in [0.25, 0.3) is 0 Å². The number of carbonyl (C=O) groups is 1. The quantitative estimate of drug-likeness (QED) is 0.730. The fourth-order valence-corrected chi connectivity index (χ4v) is 4.22. The van der Waals surface area contributed by atoms with E-state index in [0.717, 1.165) is 32.9 Å². The molecule has 1 aromatic heterocycles. The van der Waals surface area contributed by atoms with E-state index in [4.69, 9.17) is 0 Å². The maximum Gasteiger partial charge on any atom is 0.265 e. The topological polar surface area (TPSA) is 29.1 Å². The summed E-state index contributed by atoms with van der Waals surface area (Å²) in [6.45, 7) is 2.28. The van der Waals surface area contributed by atoms with Gasteiger partial charge in [0, 0.05) is 14.1 Å². The van der Waals surface area contributed by atoms with Crippen LogP contribution in [0.4, 0.5) is 5.69 Å². The monoisotopic (exact) mass is 397 g/mol. The largest absolute Gasteiger partial charge is 0.321 e. The third-order valence-electron chi connectivity index (χ3n) is 3.64. The summed E-state index contributed by atoms with van der Waals surface area (Å²) in [4.78, 5) is 14.6. The van der Waals surface area contributed by atoms with E-state index >= 15 is 0 Å². The van der Waals surface area contributed by atoms with Crippen molar-refractivity contribution in [2.75, 3.05) is 5.32 Å². The van der Waals surface area contributed by atoms with E-state index in [1.165, 1.54) is 16.9 Å². The first-order valence-corrected chi connectivity index (χ1v) is 8.70. The molecular weight excluding hydrogens is 381 g/mol. The molecule has 1 atom stereocenters. The van der Waals surface area contributed by atoms with Crippen LogP contribution in [-0.4, -0.2) is 5.91 Å². The van der Waals surface area contributed by atoms with E-state index in [0.29, 0.717) is 0 Å². The van der Waals surface area contributed by atoms with Gasteiger partial charge in [0.15, 0.2) is 0 Å². The Bertz CT molecular complexity index is 650. The molecule has 4 heteroatoms. The zero-order valence-electron chi connectivity index (χ0n) is 11.3. The highest BCUT2D eigenvalue weighted by atomic mass is 127. The highest BCUT2D eigenvalue weighted by molar-refractivity contribution is 14.1. The molecule has 0 radical (unpaired) electrons. The molecule has 3 rings (SSSR count). The molecule has 2 nitrogen and oxygen atoms in total. The molecule has 1 amide bonds. The minimum Gasteiger partial charge on any atom is -0.321 e. The zero-order valence-corrected chi connectivity index (χ0v) is 14.3. The molecule has 0 saturated heterocycles. The predicted molar refractivity (Wildman–Crippen MR) is 92.6 cm³/mol. The number of fused-ring (bicyclic) bond motifs is 1. The SMILES string of the molecule is CC1CCc2sc(C(=O)Nc3cccc(I)c3)cc2C1. The molecule has 0 saturated carbocycles. The molecule has 1 heterocycles. The molecule has 0 aliphatic heterocycles. The van der Waals surface area contributed by atoms with Gasteiger partial charge in [-0.15, -0.1) is 11.3 Å². The number of hydrogen-bond acceptors (Lipinski definition) is 2. The smallest absolute Gasteiger partial charge is 0.265 e. The number of carbonyl (C=O) groups excluding carboxylic acids is 1. The molecule has 1 aliphatic carbocycles. The average molecular weight is 397 g/mol. The van der Waals surface area contributed by atoms with Gasteiger partial charge in [0.2, 0.25) is 0 Å². The third-order valence-corrected chi connectivity index (χ3v) is 5.54. The number of anilines is 1. The van der Waals surface area contributed by atoms with Crippen molar-refractivity contribution < 1.29 is 4.79 Å². The van der Waals surface area contributed by atoms with Gasteiger partial charge in [-0.1, -0.05) is 13.0 Å². The van der Waals surface area contributed by atoms with E-state index < -0.39 is 0 Å². The van der Waals surface area contributed by atoms with E-state index in [1.807, 2.05) is 24.3 Å². The fourth-order valence-electron chi connectivity index (χ4n) is 2.58. The van der Waals surface area contributed by atoms with Crippen molar-refractivity contribution >= 4 is 45.5 Å². The maximum absolute atomic E-state index is 12.3. The zero-order chi connectivity index (χ0) is 14.1. The Kier molecular flexibility index (Phi) is 4.12. The summed E-state index contributed by atoms with van der Waals surface area (Å²) < 4.78 is 1.12. The molecular formula is C16H16INOS. The Balaban J connectivity index is 1.78. The average Bonchev–Trinajstić information content (AvgIpc) is 2.81. The van der Waals surface area contributed by atoms with Crippen molar-refractivity contribution in [3.8, 4) is 0 Å². The van der Waals surface area contributed by atoms with Crippen molar-refractivity contribution in [2.24, 2.45) is 5.92 Å². The standard InChI is InChI=1S/C16H16INOS/c1-10-5-6-14-11(7-10)8-15(20-14)16(19)18-13-4-2-3-12(17)9-13/h2-4,8-10H,5-7H2,1H3,(H,18,19). The van der Waals surface area contributed by atoms with Crippen LogP contribution in [-0.2, 0) is 12.8 Å². The number of amides is 1. The highest BCUT2D eigenvalue weighted by Crippen LogP contribution is 2.32. The van der Waals surface area contributed by atoms with Gasteiger partial charge in [-0.2, -0.15) is 0 Å². The summed E-state index contributed by atoms with van der Waals surface area (Å²) in [5, 5.41) is 2.99. The lowest BCUT2D eigenvalue weighted by molar-refractivity contribution is 0.103. The van der Waals surface area contributed by atoms with Gasteiger partial charge in [0.25, 0.3) is 5.91 Å². The second-order valence-corrected chi connectivity index (χ2v) is 7.75. The minimum absolute atomic E-state index is 0.0130.